The summed E-state index contributed by atoms with van der Waals surface area (Å²) in [4.78, 5) is 4.42. The van der Waals surface area contributed by atoms with Crippen molar-refractivity contribution in [3.05, 3.63) is 30.1 Å². The van der Waals surface area contributed by atoms with Crippen molar-refractivity contribution in [3.63, 3.8) is 0 Å². The highest BCUT2D eigenvalue weighted by atomic mass is 16.5. The number of benzene rings is 1. The minimum absolute atomic E-state index is 0.625. The van der Waals surface area contributed by atoms with Crippen LogP contribution in [0.3, 0.4) is 0 Å². The van der Waals surface area contributed by atoms with E-state index in [9.17, 15) is 0 Å². The maximum atomic E-state index is 5.83. The standard InChI is InChI=1S/C13H14N4O/c1-17-7-8(6-15-17)9-3-4-11(18-2)10-5-12(14)16-13(9)10/h3-4,6-7H,5H2,1-2H3,(H2,14,16). The van der Waals surface area contributed by atoms with Gasteiger partial charge < -0.3 is 10.5 Å². The van der Waals surface area contributed by atoms with Gasteiger partial charge in [-0.3, -0.25) is 4.68 Å². The number of aliphatic imine (C=N–C) groups is 1. The molecule has 3 rings (SSSR count). The average Bonchev–Trinajstić information content (AvgIpc) is 2.93. The van der Waals surface area contributed by atoms with Crippen LogP contribution in [0.5, 0.6) is 5.75 Å². The SMILES string of the molecule is COc1ccc(-c2cnn(C)c2)c2c1CC(N)=N2. The first-order valence-electron chi connectivity index (χ1n) is 5.71. The molecule has 0 unspecified atom stereocenters. The maximum absolute atomic E-state index is 5.83. The summed E-state index contributed by atoms with van der Waals surface area (Å²) in [7, 11) is 3.55. The fraction of sp³-hybridized carbons (Fsp3) is 0.231. The molecule has 2 heterocycles. The van der Waals surface area contributed by atoms with E-state index in [1.165, 1.54) is 0 Å². The second kappa shape index (κ2) is 3.87. The Hall–Kier alpha value is -2.30. The Kier molecular flexibility index (Phi) is 2.33. The summed E-state index contributed by atoms with van der Waals surface area (Å²) in [5.74, 6) is 1.46. The average molecular weight is 242 g/mol. The zero-order valence-corrected chi connectivity index (χ0v) is 10.3. The molecule has 5 nitrogen and oxygen atoms in total. The predicted octanol–water partition coefficient (Wildman–Crippen LogP) is 1.64. The molecule has 0 aliphatic carbocycles. The first-order chi connectivity index (χ1) is 8.69. The van der Waals surface area contributed by atoms with Crippen LogP contribution in [0.1, 0.15) is 5.56 Å². The Labute approximate surface area is 105 Å². The highest BCUT2D eigenvalue weighted by Gasteiger charge is 2.21. The van der Waals surface area contributed by atoms with Gasteiger partial charge in [0.05, 0.1) is 19.0 Å². The van der Waals surface area contributed by atoms with Crippen molar-refractivity contribution in [3.8, 4) is 16.9 Å². The third-order valence-corrected chi connectivity index (χ3v) is 3.09. The lowest BCUT2D eigenvalue weighted by Gasteiger charge is -2.09. The lowest BCUT2D eigenvalue weighted by Crippen LogP contribution is -2.10. The molecule has 18 heavy (non-hydrogen) atoms. The van der Waals surface area contributed by atoms with E-state index in [0.29, 0.717) is 12.3 Å². The van der Waals surface area contributed by atoms with Crippen molar-refractivity contribution in [1.82, 2.24) is 9.78 Å². The molecule has 0 radical (unpaired) electrons. The number of ether oxygens (including phenoxy) is 1. The summed E-state index contributed by atoms with van der Waals surface area (Å²) in [5.41, 5.74) is 9.87. The lowest BCUT2D eigenvalue weighted by atomic mass is 10.0. The Morgan fingerprint density at radius 2 is 2.22 bits per heavy atom. The Bertz CT molecular complexity index is 642. The molecule has 1 aliphatic heterocycles. The van der Waals surface area contributed by atoms with Crippen LogP contribution in [0.25, 0.3) is 11.1 Å². The van der Waals surface area contributed by atoms with Gasteiger partial charge in [0, 0.05) is 36.4 Å². The molecule has 1 aromatic heterocycles. The van der Waals surface area contributed by atoms with Crippen LogP contribution in [-0.4, -0.2) is 22.7 Å². The minimum Gasteiger partial charge on any atom is -0.496 e. The fourth-order valence-electron chi connectivity index (χ4n) is 2.27. The third-order valence-electron chi connectivity index (χ3n) is 3.09. The van der Waals surface area contributed by atoms with Gasteiger partial charge in [0.1, 0.15) is 11.6 Å². The molecule has 1 aliphatic rings. The van der Waals surface area contributed by atoms with Gasteiger partial charge in [0.2, 0.25) is 0 Å². The molecule has 5 heteroatoms. The van der Waals surface area contributed by atoms with E-state index in [2.05, 4.69) is 10.1 Å². The number of nitrogens with zero attached hydrogens (tertiary/aromatic N) is 3. The van der Waals surface area contributed by atoms with E-state index >= 15 is 0 Å². The second-order valence-electron chi connectivity index (χ2n) is 4.33. The van der Waals surface area contributed by atoms with Crippen molar-refractivity contribution in [2.24, 2.45) is 17.8 Å². The van der Waals surface area contributed by atoms with Gasteiger partial charge in [-0.2, -0.15) is 5.10 Å². The summed E-state index contributed by atoms with van der Waals surface area (Å²) in [6, 6.07) is 3.95. The minimum atomic E-state index is 0.625. The van der Waals surface area contributed by atoms with Gasteiger partial charge >= 0.3 is 0 Å². The first-order valence-corrected chi connectivity index (χ1v) is 5.71. The topological polar surface area (TPSA) is 65.4 Å². The zero-order chi connectivity index (χ0) is 12.7. The van der Waals surface area contributed by atoms with E-state index in [0.717, 1.165) is 28.1 Å². The van der Waals surface area contributed by atoms with Crippen molar-refractivity contribution in [2.45, 2.75) is 6.42 Å². The monoisotopic (exact) mass is 242 g/mol. The van der Waals surface area contributed by atoms with Gasteiger partial charge in [0.25, 0.3) is 0 Å². The highest BCUT2D eigenvalue weighted by molar-refractivity contribution is 5.96. The van der Waals surface area contributed by atoms with E-state index in [-0.39, 0.29) is 0 Å². The molecule has 0 spiro atoms. The number of amidine groups is 1. The molecule has 0 saturated carbocycles. The van der Waals surface area contributed by atoms with E-state index in [1.54, 1.807) is 11.8 Å². The van der Waals surface area contributed by atoms with Crippen LogP contribution in [0.4, 0.5) is 5.69 Å². The Morgan fingerprint density at radius 1 is 1.39 bits per heavy atom. The second-order valence-corrected chi connectivity index (χ2v) is 4.33. The van der Waals surface area contributed by atoms with E-state index in [4.69, 9.17) is 10.5 Å². The highest BCUT2D eigenvalue weighted by Crippen LogP contribution is 2.41. The molecular weight excluding hydrogens is 228 g/mol. The zero-order valence-electron chi connectivity index (χ0n) is 10.3. The van der Waals surface area contributed by atoms with Crippen LogP contribution >= 0.6 is 0 Å². The summed E-state index contributed by atoms with van der Waals surface area (Å²) < 4.78 is 7.12. The normalized spacial score (nSPS) is 13.3. The van der Waals surface area contributed by atoms with Crippen molar-refractivity contribution in [2.75, 3.05) is 7.11 Å². The van der Waals surface area contributed by atoms with Crippen molar-refractivity contribution in [1.29, 1.82) is 0 Å². The fourth-order valence-corrected chi connectivity index (χ4v) is 2.27. The third kappa shape index (κ3) is 1.55. The maximum Gasteiger partial charge on any atom is 0.124 e. The van der Waals surface area contributed by atoms with Gasteiger partial charge in [-0.05, 0) is 12.1 Å². The lowest BCUT2D eigenvalue weighted by molar-refractivity contribution is 0.411. The van der Waals surface area contributed by atoms with Crippen molar-refractivity contribution < 1.29 is 4.74 Å². The smallest absolute Gasteiger partial charge is 0.124 e. The summed E-state index contributed by atoms with van der Waals surface area (Å²) in [6.07, 6.45) is 4.44. The van der Waals surface area contributed by atoms with Gasteiger partial charge in [-0.15, -0.1) is 0 Å². The van der Waals surface area contributed by atoms with E-state index in [1.807, 2.05) is 31.6 Å². The van der Waals surface area contributed by atoms with Crippen LogP contribution in [0, 0.1) is 0 Å². The van der Waals surface area contributed by atoms with Crippen molar-refractivity contribution >= 4 is 11.5 Å². The molecular formula is C13H14N4O. The Morgan fingerprint density at radius 3 is 2.89 bits per heavy atom. The van der Waals surface area contributed by atoms with Crippen LogP contribution in [0.15, 0.2) is 29.5 Å². The van der Waals surface area contributed by atoms with Crippen LogP contribution in [-0.2, 0) is 13.5 Å². The summed E-state index contributed by atoms with van der Waals surface area (Å²) in [5, 5.41) is 4.19. The Balaban J connectivity index is 2.20. The number of aromatic nitrogens is 2. The van der Waals surface area contributed by atoms with Gasteiger partial charge in [-0.25, -0.2) is 4.99 Å². The molecule has 0 bridgehead atoms. The number of hydrogen-bond acceptors (Lipinski definition) is 4. The predicted molar refractivity (Wildman–Crippen MR) is 70.2 cm³/mol. The largest absolute Gasteiger partial charge is 0.496 e. The number of rotatable bonds is 2. The molecule has 2 aromatic rings. The molecule has 0 saturated heterocycles. The molecule has 2 N–H and O–H groups in total. The molecule has 1 aromatic carbocycles. The first kappa shape index (κ1) is 10.8. The number of aryl methyl sites for hydroxylation is 1. The van der Waals surface area contributed by atoms with Crippen LogP contribution in [0.2, 0.25) is 0 Å². The van der Waals surface area contributed by atoms with Gasteiger partial charge in [-0.1, -0.05) is 0 Å². The summed E-state index contributed by atoms with van der Waals surface area (Å²) in [6.45, 7) is 0. The number of hydrogen-bond donors (Lipinski definition) is 1. The summed E-state index contributed by atoms with van der Waals surface area (Å²) >= 11 is 0. The van der Waals surface area contributed by atoms with Gasteiger partial charge in [0.15, 0.2) is 0 Å². The van der Waals surface area contributed by atoms with Crippen LogP contribution < -0.4 is 10.5 Å². The molecule has 0 atom stereocenters. The van der Waals surface area contributed by atoms with E-state index < -0.39 is 0 Å². The number of fused-ring (bicyclic) bond motifs is 1. The number of nitrogens with two attached hydrogens (primary N) is 1. The molecule has 92 valence electrons. The number of methoxy groups -OCH3 is 1. The molecule has 0 amide bonds. The molecule has 0 fully saturated rings. The quantitative estimate of drug-likeness (QED) is 0.870.